The predicted molar refractivity (Wildman–Crippen MR) is 152 cm³/mol. The van der Waals surface area contributed by atoms with Gasteiger partial charge in [-0.15, -0.1) is 0 Å². The normalized spacial score (nSPS) is 12.8. The van der Waals surface area contributed by atoms with E-state index in [4.69, 9.17) is 11.6 Å². The molecule has 0 radical (unpaired) electrons. The maximum absolute atomic E-state index is 14.8. The number of carbonyl (C=O) groups is 2. The van der Waals surface area contributed by atoms with Gasteiger partial charge in [0, 0.05) is 29.6 Å². The fourth-order valence-corrected chi connectivity index (χ4v) is 5.08. The summed E-state index contributed by atoms with van der Waals surface area (Å²) in [5, 5.41) is 3.23. The quantitative estimate of drug-likeness (QED) is 0.337. The van der Waals surface area contributed by atoms with E-state index in [-0.39, 0.29) is 30.3 Å². The summed E-state index contributed by atoms with van der Waals surface area (Å²) < 4.78 is 41.2. The Morgan fingerprint density at radius 3 is 2.28 bits per heavy atom. The number of nitrogens with zero attached hydrogens (tertiary/aromatic N) is 2. The summed E-state index contributed by atoms with van der Waals surface area (Å²) in [7, 11) is -3.92. The number of carbonyl (C=O) groups excluding carboxylic acids is 2. The third-order valence-corrected chi connectivity index (χ3v) is 7.72. The smallest absolute Gasteiger partial charge is 0.244 e. The zero-order chi connectivity index (χ0) is 28.6. The highest BCUT2D eigenvalue weighted by Gasteiger charge is 2.33. The number of hydrogen-bond donors (Lipinski definition) is 1. The molecule has 0 aliphatic heterocycles. The summed E-state index contributed by atoms with van der Waals surface area (Å²) in [4.78, 5) is 28.8. The average molecular weight is 574 g/mol. The molecule has 0 aliphatic rings. The van der Waals surface area contributed by atoms with Crippen LogP contribution in [0.4, 0.5) is 10.1 Å². The first kappa shape index (κ1) is 30.1. The Morgan fingerprint density at radius 2 is 1.67 bits per heavy atom. The largest absolute Gasteiger partial charge is 0.352 e. The van der Waals surface area contributed by atoms with E-state index < -0.39 is 40.2 Å². The molecule has 3 aromatic carbocycles. The third-order valence-electron chi connectivity index (χ3n) is 6.35. The topological polar surface area (TPSA) is 86.8 Å². The molecule has 1 N–H and O–H groups in total. The third kappa shape index (κ3) is 8.53. The molecular formula is C29H33ClFN3O4S. The number of benzene rings is 3. The molecule has 3 rings (SSSR count). The molecule has 0 fully saturated rings. The SMILES string of the molecule is CCC(C)NC(=O)C(Cc1ccccc1)N(Cc1ccccc1F)C(=O)CN(c1cccc(Cl)c1)S(C)(=O)=O. The van der Waals surface area contributed by atoms with E-state index in [2.05, 4.69) is 5.32 Å². The summed E-state index contributed by atoms with van der Waals surface area (Å²) in [5.74, 6) is -1.61. The van der Waals surface area contributed by atoms with Crippen molar-refractivity contribution in [2.45, 2.75) is 45.3 Å². The van der Waals surface area contributed by atoms with Crippen LogP contribution in [0.3, 0.4) is 0 Å². The van der Waals surface area contributed by atoms with Crippen molar-refractivity contribution >= 4 is 39.1 Å². The highest BCUT2D eigenvalue weighted by atomic mass is 35.5. The van der Waals surface area contributed by atoms with Gasteiger partial charge in [-0.05, 0) is 43.2 Å². The Labute approximate surface area is 234 Å². The van der Waals surface area contributed by atoms with Crippen LogP contribution in [0.1, 0.15) is 31.4 Å². The van der Waals surface area contributed by atoms with E-state index in [9.17, 15) is 22.4 Å². The Balaban J connectivity index is 2.07. The Kier molecular flexibility index (Phi) is 10.5. The van der Waals surface area contributed by atoms with Crippen LogP contribution in [0.25, 0.3) is 0 Å². The molecule has 10 heteroatoms. The van der Waals surface area contributed by atoms with Gasteiger partial charge in [0.05, 0.1) is 11.9 Å². The van der Waals surface area contributed by atoms with Gasteiger partial charge in [-0.2, -0.15) is 0 Å². The molecule has 0 saturated heterocycles. The fourth-order valence-electron chi connectivity index (χ4n) is 4.05. The van der Waals surface area contributed by atoms with Crippen molar-refractivity contribution in [3.63, 3.8) is 0 Å². The highest BCUT2D eigenvalue weighted by Crippen LogP contribution is 2.23. The summed E-state index contributed by atoms with van der Waals surface area (Å²) in [6.07, 6.45) is 1.81. The van der Waals surface area contributed by atoms with Gasteiger partial charge < -0.3 is 10.2 Å². The van der Waals surface area contributed by atoms with Crippen LogP contribution in [-0.2, 0) is 32.6 Å². The van der Waals surface area contributed by atoms with Crippen molar-refractivity contribution in [3.05, 3.63) is 101 Å². The Hall–Kier alpha value is -3.43. The maximum atomic E-state index is 14.8. The lowest BCUT2D eigenvalue weighted by Gasteiger charge is -2.34. The van der Waals surface area contributed by atoms with Crippen molar-refractivity contribution in [3.8, 4) is 0 Å². The second-order valence-corrected chi connectivity index (χ2v) is 11.7. The minimum Gasteiger partial charge on any atom is -0.352 e. The van der Waals surface area contributed by atoms with Gasteiger partial charge in [0.1, 0.15) is 18.4 Å². The predicted octanol–water partition coefficient (Wildman–Crippen LogP) is 4.80. The van der Waals surface area contributed by atoms with Crippen molar-refractivity contribution in [1.29, 1.82) is 0 Å². The molecule has 2 atom stereocenters. The van der Waals surface area contributed by atoms with E-state index in [0.29, 0.717) is 11.4 Å². The van der Waals surface area contributed by atoms with E-state index >= 15 is 0 Å². The Morgan fingerprint density at radius 1 is 1.00 bits per heavy atom. The molecule has 39 heavy (non-hydrogen) atoms. The van der Waals surface area contributed by atoms with E-state index in [1.54, 1.807) is 18.2 Å². The Bertz CT molecular complexity index is 1390. The molecule has 0 spiro atoms. The fraction of sp³-hybridized carbons (Fsp3) is 0.310. The molecule has 208 valence electrons. The van der Waals surface area contributed by atoms with Crippen LogP contribution in [0.5, 0.6) is 0 Å². The van der Waals surface area contributed by atoms with E-state index in [0.717, 1.165) is 16.1 Å². The number of anilines is 1. The van der Waals surface area contributed by atoms with Crippen molar-refractivity contribution in [2.24, 2.45) is 0 Å². The van der Waals surface area contributed by atoms with Crippen molar-refractivity contribution in [1.82, 2.24) is 10.2 Å². The lowest BCUT2D eigenvalue weighted by atomic mass is 10.0. The van der Waals surface area contributed by atoms with Crippen molar-refractivity contribution in [2.75, 3.05) is 17.1 Å². The zero-order valence-electron chi connectivity index (χ0n) is 22.2. The molecule has 2 unspecified atom stereocenters. The molecule has 3 aromatic rings. The zero-order valence-corrected chi connectivity index (χ0v) is 23.8. The second kappa shape index (κ2) is 13.6. The van der Waals surface area contributed by atoms with Crippen LogP contribution in [0.2, 0.25) is 5.02 Å². The highest BCUT2D eigenvalue weighted by molar-refractivity contribution is 7.92. The first-order valence-corrected chi connectivity index (χ1v) is 14.8. The molecule has 2 amide bonds. The van der Waals surface area contributed by atoms with E-state index in [1.807, 2.05) is 44.2 Å². The van der Waals surface area contributed by atoms with Gasteiger partial charge >= 0.3 is 0 Å². The van der Waals surface area contributed by atoms with Crippen LogP contribution >= 0.6 is 11.6 Å². The summed E-state index contributed by atoms with van der Waals surface area (Å²) in [6, 6.07) is 20.1. The minimum absolute atomic E-state index is 0.152. The van der Waals surface area contributed by atoms with Gasteiger partial charge in [-0.3, -0.25) is 13.9 Å². The summed E-state index contributed by atoms with van der Waals surface area (Å²) in [6.45, 7) is 2.94. The molecule has 0 heterocycles. The standard InChI is InChI=1S/C29H33ClFN3O4S/c1-4-21(2)32-29(36)27(17-22-11-6-5-7-12-22)33(19-23-13-8-9-16-26(23)31)28(35)20-34(39(3,37)38)25-15-10-14-24(30)18-25/h5-16,18,21,27H,4,17,19-20H2,1-3H3,(H,32,36). The van der Waals surface area contributed by atoms with Crippen molar-refractivity contribution < 1.29 is 22.4 Å². The van der Waals surface area contributed by atoms with Crippen LogP contribution in [-0.4, -0.2) is 50.0 Å². The maximum Gasteiger partial charge on any atom is 0.244 e. The van der Waals surface area contributed by atoms with Gasteiger partial charge in [0.25, 0.3) is 0 Å². The first-order chi connectivity index (χ1) is 18.5. The number of amides is 2. The first-order valence-electron chi connectivity index (χ1n) is 12.6. The molecule has 7 nitrogen and oxygen atoms in total. The average Bonchev–Trinajstić information content (AvgIpc) is 2.89. The van der Waals surface area contributed by atoms with Crippen LogP contribution in [0, 0.1) is 5.82 Å². The van der Waals surface area contributed by atoms with Gasteiger partial charge in [-0.25, -0.2) is 12.8 Å². The van der Waals surface area contributed by atoms with Gasteiger partial charge in [0.15, 0.2) is 0 Å². The minimum atomic E-state index is -3.92. The molecule has 0 aromatic heterocycles. The summed E-state index contributed by atoms with van der Waals surface area (Å²) in [5.41, 5.74) is 1.20. The second-order valence-electron chi connectivity index (χ2n) is 9.39. The van der Waals surface area contributed by atoms with Gasteiger partial charge in [0.2, 0.25) is 21.8 Å². The van der Waals surface area contributed by atoms with Gasteiger partial charge in [-0.1, -0.05) is 73.1 Å². The summed E-state index contributed by atoms with van der Waals surface area (Å²) >= 11 is 6.10. The molecule has 0 bridgehead atoms. The molecule has 0 saturated carbocycles. The lowest BCUT2D eigenvalue weighted by molar-refractivity contribution is -0.140. The lowest BCUT2D eigenvalue weighted by Crippen LogP contribution is -2.54. The van der Waals surface area contributed by atoms with Crippen LogP contribution in [0.15, 0.2) is 78.9 Å². The molecule has 0 aliphatic carbocycles. The number of halogens is 2. The number of sulfonamides is 1. The number of rotatable bonds is 12. The van der Waals surface area contributed by atoms with E-state index in [1.165, 1.54) is 35.2 Å². The van der Waals surface area contributed by atoms with Crippen LogP contribution < -0.4 is 9.62 Å². The number of nitrogens with one attached hydrogen (secondary N) is 1. The molecular weight excluding hydrogens is 541 g/mol. The number of hydrogen-bond acceptors (Lipinski definition) is 4. The monoisotopic (exact) mass is 573 g/mol.